The highest BCUT2D eigenvalue weighted by Gasteiger charge is 2.49. The van der Waals surface area contributed by atoms with E-state index in [1.807, 2.05) is 0 Å². The maximum Gasteiger partial charge on any atom is 0.338 e. The Morgan fingerprint density at radius 2 is 1.95 bits per heavy atom. The third-order valence-corrected chi connectivity index (χ3v) is 3.89. The largest absolute Gasteiger partial charge is 0.468 e. The summed E-state index contributed by atoms with van der Waals surface area (Å²) in [6.45, 7) is 0.0224. The summed E-state index contributed by atoms with van der Waals surface area (Å²) in [5.41, 5.74) is -0.687. The van der Waals surface area contributed by atoms with Gasteiger partial charge in [0.2, 0.25) is 0 Å². The van der Waals surface area contributed by atoms with Crippen molar-refractivity contribution in [1.29, 1.82) is 0 Å². The standard InChI is InChI=1S/C16H18O5/c1-20-15(19)16(9-5-8-13(16)17)10-11-21-14(18)12-6-3-2-4-7-12/h2-4,6-7H,5,8-11H2,1H3. The average molecular weight is 290 g/mol. The van der Waals surface area contributed by atoms with E-state index in [0.29, 0.717) is 24.8 Å². The van der Waals surface area contributed by atoms with Crippen LogP contribution in [-0.4, -0.2) is 31.4 Å². The van der Waals surface area contributed by atoms with Crippen molar-refractivity contribution in [3.05, 3.63) is 35.9 Å². The third kappa shape index (κ3) is 3.12. The number of hydrogen-bond donors (Lipinski definition) is 0. The van der Waals surface area contributed by atoms with Gasteiger partial charge in [-0.2, -0.15) is 0 Å². The summed E-state index contributed by atoms with van der Waals surface area (Å²) in [5, 5.41) is 0. The minimum absolute atomic E-state index is 0.0224. The highest BCUT2D eigenvalue weighted by Crippen LogP contribution is 2.39. The number of Topliss-reactive ketones (excluding diaryl/α,β-unsaturated/α-hetero) is 1. The third-order valence-electron chi connectivity index (χ3n) is 3.89. The number of rotatable bonds is 5. The summed E-state index contributed by atoms with van der Waals surface area (Å²) >= 11 is 0. The first-order chi connectivity index (χ1) is 10.1. The number of esters is 2. The molecule has 0 N–H and O–H groups in total. The van der Waals surface area contributed by atoms with Crippen LogP contribution in [0.1, 0.15) is 36.0 Å². The molecule has 0 amide bonds. The number of hydrogen-bond acceptors (Lipinski definition) is 5. The van der Waals surface area contributed by atoms with E-state index in [-0.39, 0.29) is 18.8 Å². The SMILES string of the molecule is COC(=O)C1(CCOC(=O)c2ccccc2)CCCC1=O. The molecule has 0 saturated heterocycles. The van der Waals surface area contributed by atoms with Gasteiger partial charge in [-0.15, -0.1) is 0 Å². The molecular formula is C16H18O5. The molecule has 1 unspecified atom stereocenters. The van der Waals surface area contributed by atoms with Gasteiger partial charge in [-0.1, -0.05) is 18.2 Å². The molecule has 1 aliphatic rings. The van der Waals surface area contributed by atoms with Crippen molar-refractivity contribution in [3.63, 3.8) is 0 Å². The number of carbonyl (C=O) groups is 3. The number of methoxy groups -OCH3 is 1. The molecule has 1 saturated carbocycles. The van der Waals surface area contributed by atoms with Gasteiger partial charge in [-0.05, 0) is 25.0 Å². The van der Waals surface area contributed by atoms with Crippen molar-refractivity contribution >= 4 is 17.7 Å². The van der Waals surface area contributed by atoms with Crippen molar-refractivity contribution in [1.82, 2.24) is 0 Å². The molecule has 1 fully saturated rings. The van der Waals surface area contributed by atoms with E-state index in [2.05, 4.69) is 0 Å². The van der Waals surface area contributed by atoms with Crippen LogP contribution in [0.3, 0.4) is 0 Å². The van der Waals surface area contributed by atoms with E-state index in [1.54, 1.807) is 30.3 Å². The van der Waals surface area contributed by atoms with E-state index in [4.69, 9.17) is 9.47 Å². The quantitative estimate of drug-likeness (QED) is 0.614. The highest BCUT2D eigenvalue weighted by atomic mass is 16.5. The van der Waals surface area contributed by atoms with E-state index < -0.39 is 17.4 Å². The summed E-state index contributed by atoms with van der Waals surface area (Å²) < 4.78 is 9.91. The summed E-state index contributed by atoms with van der Waals surface area (Å²) in [4.78, 5) is 35.7. The number of carbonyl (C=O) groups excluding carboxylic acids is 3. The van der Waals surface area contributed by atoms with Crippen LogP contribution in [0, 0.1) is 5.41 Å². The van der Waals surface area contributed by atoms with Gasteiger partial charge < -0.3 is 9.47 Å². The molecule has 21 heavy (non-hydrogen) atoms. The summed E-state index contributed by atoms with van der Waals surface area (Å²) in [6.07, 6.45) is 1.68. The van der Waals surface area contributed by atoms with Crippen LogP contribution < -0.4 is 0 Å². The van der Waals surface area contributed by atoms with Gasteiger partial charge in [0, 0.05) is 12.8 Å². The molecule has 5 nitrogen and oxygen atoms in total. The van der Waals surface area contributed by atoms with Crippen LogP contribution in [0.5, 0.6) is 0 Å². The molecule has 2 rings (SSSR count). The fourth-order valence-corrected chi connectivity index (χ4v) is 2.68. The zero-order valence-electron chi connectivity index (χ0n) is 12.0. The van der Waals surface area contributed by atoms with Crippen LogP contribution in [0.2, 0.25) is 0 Å². The van der Waals surface area contributed by atoms with Gasteiger partial charge in [-0.3, -0.25) is 9.59 Å². The van der Waals surface area contributed by atoms with Gasteiger partial charge in [0.25, 0.3) is 0 Å². The van der Waals surface area contributed by atoms with Crippen molar-refractivity contribution in [2.24, 2.45) is 5.41 Å². The molecule has 1 atom stereocenters. The topological polar surface area (TPSA) is 69.7 Å². The predicted octanol–water partition coefficient (Wildman–Crippen LogP) is 2.15. The molecule has 1 aromatic carbocycles. The van der Waals surface area contributed by atoms with Gasteiger partial charge in [0.1, 0.15) is 11.2 Å². The second-order valence-electron chi connectivity index (χ2n) is 5.10. The number of ether oxygens (including phenoxy) is 2. The zero-order chi connectivity index (χ0) is 15.3. The molecule has 5 heteroatoms. The summed E-state index contributed by atoms with van der Waals surface area (Å²) in [6, 6.07) is 8.60. The van der Waals surface area contributed by atoms with E-state index in [1.165, 1.54) is 7.11 Å². The highest BCUT2D eigenvalue weighted by molar-refractivity contribution is 6.05. The molecule has 0 aromatic heterocycles. The molecule has 1 aromatic rings. The molecule has 0 spiro atoms. The monoisotopic (exact) mass is 290 g/mol. The Balaban J connectivity index is 1.96. The minimum Gasteiger partial charge on any atom is -0.468 e. The average Bonchev–Trinajstić information content (AvgIpc) is 2.89. The predicted molar refractivity (Wildman–Crippen MR) is 74.6 cm³/mol. The van der Waals surface area contributed by atoms with Crippen LogP contribution in [0.4, 0.5) is 0 Å². The molecule has 0 bridgehead atoms. The first kappa shape index (κ1) is 15.2. The van der Waals surface area contributed by atoms with Crippen LogP contribution in [0.25, 0.3) is 0 Å². The lowest BCUT2D eigenvalue weighted by atomic mass is 9.82. The second-order valence-corrected chi connectivity index (χ2v) is 5.10. The Labute approximate surface area is 123 Å². The number of benzene rings is 1. The van der Waals surface area contributed by atoms with E-state index in [0.717, 1.165) is 0 Å². The smallest absolute Gasteiger partial charge is 0.338 e. The van der Waals surface area contributed by atoms with Gasteiger partial charge in [-0.25, -0.2) is 4.79 Å². The molecular weight excluding hydrogens is 272 g/mol. The summed E-state index contributed by atoms with van der Waals surface area (Å²) in [7, 11) is 1.27. The Hall–Kier alpha value is -2.17. The Kier molecular flexibility index (Phi) is 4.73. The first-order valence-electron chi connectivity index (χ1n) is 6.94. The molecule has 112 valence electrons. The molecule has 0 radical (unpaired) electrons. The van der Waals surface area contributed by atoms with Crippen LogP contribution >= 0.6 is 0 Å². The molecule has 0 aliphatic heterocycles. The fourth-order valence-electron chi connectivity index (χ4n) is 2.68. The Bertz CT molecular complexity index is 537. The lowest BCUT2D eigenvalue weighted by Gasteiger charge is -2.23. The van der Waals surface area contributed by atoms with Crippen molar-refractivity contribution in [3.8, 4) is 0 Å². The normalized spacial score (nSPS) is 21.1. The van der Waals surface area contributed by atoms with Crippen molar-refractivity contribution < 1.29 is 23.9 Å². The zero-order valence-corrected chi connectivity index (χ0v) is 12.0. The van der Waals surface area contributed by atoms with Crippen molar-refractivity contribution in [2.75, 3.05) is 13.7 Å². The van der Waals surface area contributed by atoms with E-state index >= 15 is 0 Å². The van der Waals surface area contributed by atoms with Gasteiger partial charge >= 0.3 is 11.9 Å². The van der Waals surface area contributed by atoms with Gasteiger partial charge in [0.05, 0.1) is 19.3 Å². The minimum atomic E-state index is -1.13. The van der Waals surface area contributed by atoms with E-state index in [9.17, 15) is 14.4 Å². The lowest BCUT2D eigenvalue weighted by molar-refractivity contribution is -0.157. The van der Waals surface area contributed by atoms with Crippen LogP contribution in [0.15, 0.2) is 30.3 Å². The second kappa shape index (κ2) is 6.52. The number of ketones is 1. The fraction of sp³-hybridized carbons (Fsp3) is 0.438. The Morgan fingerprint density at radius 3 is 2.52 bits per heavy atom. The van der Waals surface area contributed by atoms with Crippen LogP contribution in [-0.2, 0) is 19.1 Å². The van der Waals surface area contributed by atoms with Gasteiger partial charge in [0.15, 0.2) is 0 Å². The summed E-state index contributed by atoms with van der Waals surface area (Å²) in [5.74, 6) is -1.10. The lowest BCUT2D eigenvalue weighted by Crippen LogP contribution is -2.37. The Morgan fingerprint density at radius 1 is 1.24 bits per heavy atom. The maximum absolute atomic E-state index is 12.0. The van der Waals surface area contributed by atoms with Crippen molar-refractivity contribution in [2.45, 2.75) is 25.7 Å². The molecule has 0 heterocycles. The first-order valence-corrected chi connectivity index (χ1v) is 6.94. The molecule has 1 aliphatic carbocycles. The maximum atomic E-state index is 12.0.